The van der Waals surface area contributed by atoms with E-state index in [1.165, 1.54) is 12.8 Å². The van der Waals surface area contributed by atoms with Crippen LogP contribution in [-0.4, -0.2) is 22.6 Å². The summed E-state index contributed by atoms with van der Waals surface area (Å²) in [6, 6.07) is 9.75. The van der Waals surface area contributed by atoms with Gasteiger partial charge in [0.2, 0.25) is 0 Å². The molecule has 2 saturated heterocycles. The third-order valence-corrected chi connectivity index (χ3v) is 15.1. The molecule has 0 bridgehead atoms. The van der Waals surface area contributed by atoms with E-state index < -0.39 is 0 Å². The van der Waals surface area contributed by atoms with Gasteiger partial charge in [0.1, 0.15) is 0 Å². The summed E-state index contributed by atoms with van der Waals surface area (Å²) in [4.78, 5) is 0. The average Bonchev–Trinajstić information content (AvgIpc) is 2.45. The van der Waals surface area contributed by atoms with Crippen LogP contribution in [0.5, 0.6) is 0 Å². The Kier molecular flexibility index (Phi) is 6.57. The van der Waals surface area contributed by atoms with Gasteiger partial charge in [0.05, 0.1) is 0 Å². The van der Waals surface area contributed by atoms with Gasteiger partial charge in [-0.15, -0.1) is 0 Å². The molecule has 0 nitrogen and oxygen atoms in total. The minimum atomic E-state index is 0.0158. The van der Waals surface area contributed by atoms with Crippen molar-refractivity contribution >= 4 is 26.5 Å². The smallest absolute Gasteiger partial charge is 0.0137 e. The molecule has 26 heavy (non-hydrogen) atoms. The normalized spacial score (nSPS) is 30.3. The zero-order valence-corrected chi connectivity index (χ0v) is 20.0. The van der Waals surface area contributed by atoms with E-state index in [0.29, 0.717) is 0 Å². The van der Waals surface area contributed by atoms with E-state index in [1.807, 2.05) is 10.6 Å². The molecule has 0 saturated carbocycles. The highest BCUT2D eigenvalue weighted by Gasteiger charge is 2.49. The van der Waals surface area contributed by atoms with E-state index in [0.717, 1.165) is 46.3 Å². The molecule has 3 rings (SSSR count). The van der Waals surface area contributed by atoms with E-state index in [4.69, 9.17) is 0 Å². The van der Waals surface area contributed by atoms with Gasteiger partial charge in [0, 0.05) is 0 Å². The van der Waals surface area contributed by atoms with Gasteiger partial charge in [0.15, 0.2) is 0 Å². The molecule has 0 N–H and O–H groups in total. The van der Waals surface area contributed by atoms with Crippen LogP contribution in [0.15, 0.2) is 24.3 Å². The first-order valence-electron chi connectivity index (χ1n) is 10.9. The molecule has 0 unspecified atom stereocenters. The maximum Gasteiger partial charge on any atom is -0.0137 e. The molecule has 2 aliphatic heterocycles. The summed E-state index contributed by atoms with van der Waals surface area (Å²) in [6.45, 7) is 19.7. The van der Waals surface area contributed by atoms with Crippen LogP contribution in [0.2, 0.25) is 0 Å². The van der Waals surface area contributed by atoms with Crippen LogP contribution in [0.25, 0.3) is 0 Å². The van der Waals surface area contributed by atoms with Gasteiger partial charge in [0.25, 0.3) is 0 Å². The molecule has 2 fully saturated rings. The minimum absolute atomic E-state index is 0.0158. The van der Waals surface area contributed by atoms with Crippen LogP contribution in [-0.2, 0) is 0 Å². The van der Waals surface area contributed by atoms with Crippen molar-refractivity contribution in [3.63, 3.8) is 0 Å². The third kappa shape index (κ3) is 3.67. The largest absolute Gasteiger partial charge is 0.0677 e. The SMILES string of the molecule is CC(C)[C@@H]1C[C@@H](C(C)C)P1c1ccccc1P1[C@H](C(C)C)C[C@H]1C(C)C. The highest BCUT2D eigenvalue weighted by atomic mass is 31.1. The van der Waals surface area contributed by atoms with Crippen LogP contribution in [0, 0.1) is 23.7 Å². The van der Waals surface area contributed by atoms with E-state index in [9.17, 15) is 0 Å². The molecule has 0 aliphatic carbocycles. The lowest BCUT2D eigenvalue weighted by atomic mass is 9.98. The molecule has 4 atom stereocenters. The van der Waals surface area contributed by atoms with E-state index in [-0.39, 0.29) is 15.8 Å². The van der Waals surface area contributed by atoms with Gasteiger partial charge in [-0.05, 0) is 69.8 Å². The van der Waals surface area contributed by atoms with Gasteiger partial charge >= 0.3 is 0 Å². The molecular weight excluding hydrogens is 350 g/mol. The number of hydrogen-bond acceptors (Lipinski definition) is 0. The Hall–Kier alpha value is 0.0800. The quantitative estimate of drug-likeness (QED) is 0.468. The lowest BCUT2D eigenvalue weighted by Crippen LogP contribution is -2.48. The van der Waals surface area contributed by atoms with Crippen LogP contribution < -0.4 is 10.6 Å². The fourth-order valence-electron chi connectivity index (χ4n) is 5.15. The molecule has 0 amide bonds. The first-order valence-corrected chi connectivity index (χ1v) is 13.9. The molecule has 146 valence electrons. The molecule has 0 spiro atoms. The zero-order chi connectivity index (χ0) is 19.2. The highest BCUT2D eigenvalue weighted by Crippen LogP contribution is 2.67. The molecule has 2 aliphatic rings. The zero-order valence-electron chi connectivity index (χ0n) is 18.2. The molecule has 2 heteroatoms. The van der Waals surface area contributed by atoms with Gasteiger partial charge in [-0.2, -0.15) is 0 Å². The third-order valence-electron chi connectivity index (χ3n) is 6.91. The van der Waals surface area contributed by atoms with Crippen LogP contribution in [0.3, 0.4) is 0 Å². The maximum absolute atomic E-state index is 2.54. The van der Waals surface area contributed by atoms with Crippen molar-refractivity contribution in [2.45, 2.75) is 90.9 Å². The van der Waals surface area contributed by atoms with Crippen molar-refractivity contribution in [3.05, 3.63) is 24.3 Å². The second-order valence-corrected chi connectivity index (χ2v) is 15.3. The monoisotopic (exact) mass is 390 g/mol. The second-order valence-electron chi connectivity index (χ2n) is 10.0. The summed E-state index contributed by atoms with van der Waals surface area (Å²) in [5, 5.41) is 3.63. The van der Waals surface area contributed by atoms with Crippen LogP contribution >= 0.6 is 15.8 Å². The predicted octanol–water partition coefficient (Wildman–Crippen LogP) is 6.81. The minimum Gasteiger partial charge on any atom is -0.0677 e. The number of hydrogen-bond donors (Lipinski definition) is 0. The van der Waals surface area contributed by atoms with Crippen molar-refractivity contribution in [1.29, 1.82) is 0 Å². The molecule has 2 heterocycles. The Bertz CT molecular complexity index is 523. The molecular formula is C24H40P2. The van der Waals surface area contributed by atoms with Crippen molar-refractivity contribution in [3.8, 4) is 0 Å². The Morgan fingerprint density at radius 3 is 1.08 bits per heavy atom. The van der Waals surface area contributed by atoms with Crippen molar-refractivity contribution in [2.75, 3.05) is 0 Å². The highest BCUT2D eigenvalue weighted by molar-refractivity contribution is 7.74. The molecule has 1 aromatic rings. The summed E-state index contributed by atoms with van der Waals surface area (Å²) in [5.41, 5.74) is 3.80. The Morgan fingerprint density at radius 1 is 0.577 bits per heavy atom. The standard InChI is InChI=1S/C24H40P2/c1-15(2)21-13-22(16(3)4)25(21)19-11-9-10-12-20(19)26-23(17(5)6)14-24(26)18(7)8/h9-12,15-18,21-24H,13-14H2,1-8H3/t21-,22-,23-,24-/m0/s1. The first kappa shape index (κ1) is 20.8. The Morgan fingerprint density at radius 2 is 0.846 bits per heavy atom. The summed E-state index contributed by atoms with van der Waals surface area (Å²) in [6.07, 6.45) is 2.93. The van der Waals surface area contributed by atoms with Crippen LogP contribution in [0.1, 0.15) is 68.2 Å². The molecule has 0 aromatic heterocycles. The van der Waals surface area contributed by atoms with Gasteiger partial charge in [-0.3, -0.25) is 0 Å². The van der Waals surface area contributed by atoms with E-state index in [2.05, 4.69) is 79.7 Å². The van der Waals surface area contributed by atoms with Crippen molar-refractivity contribution in [2.24, 2.45) is 23.7 Å². The summed E-state index contributed by atoms with van der Waals surface area (Å²) >= 11 is 0. The molecule has 1 aromatic carbocycles. The lowest BCUT2D eigenvalue weighted by Gasteiger charge is -2.54. The Labute approximate surface area is 165 Å². The lowest BCUT2D eigenvalue weighted by molar-refractivity contribution is 0.447. The van der Waals surface area contributed by atoms with Crippen molar-refractivity contribution in [1.82, 2.24) is 0 Å². The predicted molar refractivity (Wildman–Crippen MR) is 123 cm³/mol. The van der Waals surface area contributed by atoms with Gasteiger partial charge in [-0.25, -0.2) is 0 Å². The topological polar surface area (TPSA) is 0 Å². The number of benzene rings is 1. The summed E-state index contributed by atoms with van der Waals surface area (Å²) < 4.78 is 0. The number of rotatable bonds is 6. The first-order chi connectivity index (χ1) is 12.2. The average molecular weight is 391 g/mol. The maximum atomic E-state index is 2.54. The second kappa shape index (κ2) is 8.21. The fraction of sp³-hybridized carbons (Fsp3) is 0.750. The van der Waals surface area contributed by atoms with E-state index >= 15 is 0 Å². The van der Waals surface area contributed by atoms with E-state index in [1.54, 1.807) is 0 Å². The van der Waals surface area contributed by atoms with Gasteiger partial charge < -0.3 is 0 Å². The van der Waals surface area contributed by atoms with Gasteiger partial charge in [-0.1, -0.05) is 95.5 Å². The van der Waals surface area contributed by atoms with Crippen molar-refractivity contribution < 1.29 is 0 Å². The Balaban J connectivity index is 1.99. The summed E-state index contributed by atoms with van der Waals surface area (Å²) in [5.74, 6) is 3.33. The fourth-order valence-corrected chi connectivity index (χ4v) is 13.1. The summed E-state index contributed by atoms with van der Waals surface area (Å²) in [7, 11) is 0.0316. The molecule has 0 radical (unpaired) electrons. The van der Waals surface area contributed by atoms with Crippen LogP contribution in [0.4, 0.5) is 0 Å².